The predicted molar refractivity (Wildman–Crippen MR) is 58.7 cm³/mol. The summed E-state index contributed by atoms with van der Waals surface area (Å²) in [7, 11) is 0. The Kier molecular flexibility index (Phi) is 7.07. The van der Waals surface area contributed by atoms with Crippen LogP contribution in [-0.4, -0.2) is 39.0 Å². The van der Waals surface area contributed by atoms with Crippen LogP contribution in [-0.2, 0) is 9.47 Å². The van der Waals surface area contributed by atoms with Gasteiger partial charge in [-0.3, -0.25) is 0 Å². The van der Waals surface area contributed by atoms with Gasteiger partial charge in [-0.25, -0.2) is 4.79 Å². The summed E-state index contributed by atoms with van der Waals surface area (Å²) >= 11 is 0. The van der Waals surface area contributed by atoms with Gasteiger partial charge in [-0.05, 0) is 5.41 Å². The lowest BCUT2D eigenvalue weighted by atomic mass is 9.99. The third kappa shape index (κ3) is 13.2. The maximum atomic E-state index is 10.3. The lowest BCUT2D eigenvalue weighted by molar-refractivity contribution is 0.0206. The van der Waals surface area contributed by atoms with Gasteiger partial charge < -0.3 is 20.5 Å². The van der Waals surface area contributed by atoms with E-state index in [2.05, 4.69) is 26.1 Å². The van der Waals surface area contributed by atoms with Crippen molar-refractivity contribution in [3.05, 3.63) is 0 Å². The first-order chi connectivity index (χ1) is 6.92. The van der Waals surface area contributed by atoms with Crippen molar-refractivity contribution in [3.8, 4) is 0 Å². The number of carbonyl (C=O) groups excluding carboxylic acids is 1. The van der Waals surface area contributed by atoms with Crippen LogP contribution in [0.3, 0.4) is 0 Å². The van der Waals surface area contributed by atoms with E-state index in [1.165, 1.54) is 0 Å². The molecule has 0 atom stereocenters. The molecule has 0 aromatic heterocycles. The molecular weight excluding hydrogens is 196 g/mol. The van der Waals surface area contributed by atoms with Crippen LogP contribution in [0.4, 0.5) is 4.79 Å². The number of urea groups is 1. The molecule has 0 aliphatic rings. The smallest absolute Gasteiger partial charge is 0.312 e. The Bertz CT molecular complexity index is 178. The van der Waals surface area contributed by atoms with Gasteiger partial charge in [-0.2, -0.15) is 0 Å². The number of nitrogens with one attached hydrogen (secondary N) is 1. The normalized spacial score (nSPS) is 11.4. The average molecular weight is 218 g/mol. The Hall–Kier alpha value is -0.810. The second-order valence-corrected chi connectivity index (χ2v) is 4.52. The zero-order valence-corrected chi connectivity index (χ0v) is 9.84. The number of rotatable bonds is 7. The van der Waals surface area contributed by atoms with E-state index in [0.29, 0.717) is 26.4 Å². The Labute approximate surface area is 91.3 Å². The third-order valence-electron chi connectivity index (χ3n) is 1.45. The van der Waals surface area contributed by atoms with Crippen LogP contribution < -0.4 is 11.1 Å². The summed E-state index contributed by atoms with van der Waals surface area (Å²) in [5, 5.41) is 2.43. The summed E-state index contributed by atoms with van der Waals surface area (Å²) in [6.45, 7) is 9.08. The molecule has 5 nitrogen and oxygen atoms in total. The molecule has 2 amide bonds. The monoisotopic (exact) mass is 218 g/mol. The van der Waals surface area contributed by atoms with Gasteiger partial charge in [0.1, 0.15) is 0 Å². The Balaban J connectivity index is 3.09. The molecule has 0 aromatic carbocycles. The molecule has 3 N–H and O–H groups in total. The van der Waals surface area contributed by atoms with E-state index >= 15 is 0 Å². The first kappa shape index (κ1) is 14.2. The second kappa shape index (κ2) is 7.48. The molecule has 0 radical (unpaired) electrons. The zero-order chi connectivity index (χ0) is 11.7. The topological polar surface area (TPSA) is 73.6 Å². The van der Waals surface area contributed by atoms with Gasteiger partial charge in [0.15, 0.2) is 0 Å². The number of nitrogens with two attached hydrogens (primary N) is 1. The van der Waals surface area contributed by atoms with Crippen molar-refractivity contribution >= 4 is 6.03 Å². The summed E-state index contributed by atoms with van der Waals surface area (Å²) in [6, 6.07) is -0.525. The maximum absolute atomic E-state index is 10.3. The van der Waals surface area contributed by atoms with Gasteiger partial charge in [0.25, 0.3) is 0 Å². The molecule has 90 valence electrons. The maximum Gasteiger partial charge on any atom is 0.312 e. The number of carbonyl (C=O) groups is 1. The van der Waals surface area contributed by atoms with Gasteiger partial charge in [0.2, 0.25) is 0 Å². The van der Waals surface area contributed by atoms with Crippen molar-refractivity contribution in [2.45, 2.75) is 20.8 Å². The standard InChI is InChI=1S/C10H22N2O3/c1-10(2,3)8-15-7-6-14-5-4-12-9(11)13/h4-8H2,1-3H3,(H3,11,12,13). The average Bonchev–Trinajstić information content (AvgIpc) is 2.07. The van der Waals surface area contributed by atoms with Crippen LogP contribution in [0.15, 0.2) is 0 Å². The highest BCUT2D eigenvalue weighted by molar-refractivity contribution is 5.71. The van der Waals surface area contributed by atoms with Gasteiger partial charge in [0.05, 0.1) is 26.4 Å². The molecule has 15 heavy (non-hydrogen) atoms. The first-order valence-electron chi connectivity index (χ1n) is 5.10. The highest BCUT2D eigenvalue weighted by atomic mass is 16.5. The quantitative estimate of drug-likeness (QED) is 0.619. The lowest BCUT2D eigenvalue weighted by Crippen LogP contribution is -2.32. The van der Waals surface area contributed by atoms with E-state index in [4.69, 9.17) is 15.2 Å². The summed E-state index contributed by atoms with van der Waals surface area (Å²) in [5.74, 6) is 0. The molecule has 0 bridgehead atoms. The van der Waals surface area contributed by atoms with Crippen molar-refractivity contribution in [2.75, 3.05) is 33.0 Å². The molecule has 0 saturated carbocycles. The number of hydrogen-bond donors (Lipinski definition) is 2. The summed E-state index contributed by atoms with van der Waals surface area (Å²) in [6.07, 6.45) is 0. The van der Waals surface area contributed by atoms with E-state index in [-0.39, 0.29) is 5.41 Å². The van der Waals surface area contributed by atoms with Crippen LogP contribution in [0, 0.1) is 5.41 Å². The van der Waals surface area contributed by atoms with E-state index in [0.717, 1.165) is 6.61 Å². The molecule has 0 aromatic rings. The fourth-order valence-corrected chi connectivity index (χ4v) is 0.845. The van der Waals surface area contributed by atoms with Crippen LogP contribution in [0.1, 0.15) is 20.8 Å². The number of hydrogen-bond acceptors (Lipinski definition) is 3. The van der Waals surface area contributed by atoms with Crippen molar-refractivity contribution in [1.29, 1.82) is 0 Å². The molecule has 5 heteroatoms. The Morgan fingerprint density at radius 1 is 1.20 bits per heavy atom. The van der Waals surface area contributed by atoms with Crippen molar-refractivity contribution in [2.24, 2.45) is 11.1 Å². The molecule has 0 saturated heterocycles. The minimum absolute atomic E-state index is 0.188. The lowest BCUT2D eigenvalue weighted by Gasteiger charge is -2.17. The second-order valence-electron chi connectivity index (χ2n) is 4.52. The van der Waals surface area contributed by atoms with Gasteiger partial charge in [-0.1, -0.05) is 20.8 Å². The van der Waals surface area contributed by atoms with E-state index < -0.39 is 6.03 Å². The first-order valence-corrected chi connectivity index (χ1v) is 5.10. The Morgan fingerprint density at radius 2 is 1.80 bits per heavy atom. The van der Waals surface area contributed by atoms with Crippen molar-refractivity contribution < 1.29 is 14.3 Å². The van der Waals surface area contributed by atoms with Crippen LogP contribution in [0.25, 0.3) is 0 Å². The minimum Gasteiger partial charge on any atom is -0.379 e. The molecule has 0 spiro atoms. The minimum atomic E-state index is -0.525. The van der Waals surface area contributed by atoms with Crippen LogP contribution in [0.5, 0.6) is 0 Å². The molecule has 0 rings (SSSR count). The fourth-order valence-electron chi connectivity index (χ4n) is 0.845. The fraction of sp³-hybridized carbons (Fsp3) is 0.900. The third-order valence-corrected chi connectivity index (χ3v) is 1.45. The molecule has 0 fully saturated rings. The largest absolute Gasteiger partial charge is 0.379 e. The van der Waals surface area contributed by atoms with Crippen molar-refractivity contribution in [1.82, 2.24) is 5.32 Å². The van der Waals surface area contributed by atoms with Crippen LogP contribution >= 0.6 is 0 Å². The molecule has 0 heterocycles. The van der Waals surface area contributed by atoms with Gasteiger partial charge in [0, 0.05) is 6.54 Å². The van der Waals surface area contributed by atoms with E-state index in [1.807, 2.05) is 0 Å². The molecule has 0 aliphatic carbocycles. The summed E-state index contributed by atoms with van der Waals surface area (Å²) < 4.78 is 10.6. The molecular formula is C10H22N2O3. The van der Waals surface area contributed by atoms with Crippen molar-refractivity contribution in [3.63, 3.8) is 0 Å². The number of ether oxygens (including phenoxy) is 2. The summed E-state index contributed by atoms with van der Waals surface area (Å²) in [5.41, 5.74) is 5.06. The SMILES string of the molecule is CC(C)(C)COCCOCCNC(N)=O. The predicted octanol–water partition coefficient (Wildman–Crippen LogP) is 0.734. The van der Waals surface area contributed by atoms with Crippen LogP contribution in [0.2, 0.25) is 0 Å². The number of amides is 2. The number of primary amides is 1. The van der Waals surface area contributed by atoms with Gasteiger partial charge in [-0.15, -0.1) is 0 Å². The molecule has 0 unspecified atom stereocenters. The van der Waals surface area contributed by atoms with Gasteiger partial charge >= 0.3 is 6.03 Å². The summed E-state index contributed by atoms with van der Waals surface area (Å²) in [4.78, 5) is 10.3. The highest BCUT2D eigenvalue weighted by Crippen LogP contribution is 2.12. The zero-order valence-electron chi connectivity index (χ0n) is 9.84. The van der Waals surface area contributed by atoms with E-state index in [1.54, 1.807) is 0 Å². The van der Waals surface area contributed by atoms with E-state index in [9.17, 15) is 4.79 Å². The highest BCUT2D eigenvalue weighted by Gasteiger charge is 2.09. The molecule has 0 aliphatic heterocycles. The Morgan fingerprint density at radius 3 is 2.33 bits per heavy atom.